The maximum absolute atomic E-state index is 12.8. The van der Waals surface area contributed by atoms with Crippen LogP contribution in [0, 0.1) is 0 Å². The molecule has 1 heterocycles. The molecule has 4 atom stereocenters. The highest BCUT2D eigenvalue weighted by Gasteiger charge is 2.47. The van der Waals surface area contributed by atoms with Crippen LogP contribution in [0.15, 0.2) is 91.0 Å². The molecule has 0 saturated carbocycles. The highest BCUT2D eigenvalue weighted by Crippen LogP contribution is 2.25. The number of hydrogen-bond acceptors (Lipinski definition) is 8. The second-order valence-electron chi connectivity index (χ2n) is 7.51. The van der Waals surface area contributed by atoms with Crippen molar-refractivity contribution in [1.29, 1.82) is 0 Å². The van der Waals surface area contributed by atoms with Crippen LogP contribution in [0.3, 0.4) is 0 Å². The summed E-state index contributed by atoms with van der Waals surface area (Å²) >= 11 is 0. The van der Waals surface area contributed by atoms with Crippen LogP contribution in [-0.4, -0.2) is 54.2 Å². The van der Waals surface area contributed by atoms with Crippen LogP contribution in [0.25, 0.3) is 0 Å². The Balaban J connectivity index is 1.59. The van der Waals surface area contributed by atoms with Gasteiger partial charge in [0.25, 0.3) is 0 Å². The summed E-state index contributed by atoms with van der Waals surface area (Å²) in [5.74, 6) is -2.18. The summed E-state index contributed by atoms with van der Waals surface area (Å²) < 4.78 is 21.9. The summed E-state index contributed by atoms with van der Waals surface area (Å²) in [6.45, 7) is -0.272. The number of ether oxygens (including phenoxy) is 4. The first-order chi connectivity index (χ1) is 16.5. The molecule has 3 aromatic rings. The minimum Gasteiger partial charge on any atom is -0.452 e. The van der Waals surface area contributed by atoms with Crippen LogP contribution in [0.2, 0.25) is 0 Å². The van der Waals surface area contributed by atoms with E-state index >= 15 is 0 Å². The molecule has 1 unspecified atom stereocenters. The zero-order valence-electron chi connectivity index (χ0n) is 18.0. The quantitative estimate of drug-likeness (QED) is 0.440. The average Bonchev–Trinajstić information content (AvgIpc) is 2.89. The highest BCUT2D eigenvalue weighted by molar-refractivity contribution is 5.91. The molecule has 1 aliphatic rings. The third-order valence-electron chi connectivity index (χ3n) is 5.18. The summed E-state index contributed by atoms with van der Waals surface area (Å²) in [5.41, 5.74) is 0.746. The molecule has 0 aliphatic carbocycles. The van der Waals surface area contributed by atoms with E-state index in [1.807, 2.05) is 0 Å². The van der Waals surface area contributed by atoms with Gasteiger partial charge in [-0.1, -0.05) is 54.6 Å². The third-order valence-corrected chi connectivity index (χ3v) is 5.18. The van der Waals surface area contributed by atoms with E-state index in [4.69, 9.17) is 18.9 Å². The smallest absolute Gasteiger partial charge is 0.338 e. The Labute approximate surface area is 195 Å². The Morgan fingerprint density at radius 2 is 1.00 bits per heavy atom. The first kappa shape index (κ1) is 23.2. The molecular formula is C26H22O8. The van der Waals surface area contributed by atoms with Crippen LogP contribution >= 0.6 is 0 Å². The first-order valence-corrected chi connectivity index (χ1v) is 10.6. The summed E-state index contributed by atoms with van der Waals surface area (Å²) in [5, 5.41) is 10.5. The van der Waals surface area contributed by atoms with Gasteiger partial charge in [-0.2, -0.15) is 0 Å². The SMILES string of the molecule is O=C(O[C@H]1[C@H](OC(=O)c2ccccc2)C(O)OC[C@H]1OC(=O)c1ccccc1)c1ccccc1. The fourth-order valence-electron chi connectivity index (χ4n) is 3.44. The molecule has 8 heteroatoms. The van der Waals surface area contributed by atoms with E-state index in [9.17, 15) is 19.5 Å². The Hall–Kier alpha value is -4.01. The lowest BCUT2D eigenvalue weighted by atomic mass is 10.0. The fourth-order valence-corrected chi connectivity index (χ4v) is 3.44. The lowest BCUT2D eigenvalue weighted by Gasteiger charge is -2.38. The van der Waals surface area contributed by atoms with Gasteiger partial charge in [-0.15, -0.1) is 0 Å². The number of hydrogen-bond donors (Lipinski definition) is 1. The van der Waals surface area contributed by atoms with Crippen molar-refractivity contribution in [2.75, 3.05) is 6.61 Å². The molecule has 1 fully saturated rings. The number of carbonyl (C=O) groups is 3. The lowest BCUT2D eigenvalue weighted by Crippen LogP contribution is -2.57. The van der Waals surface area contributed by atoms with Crippen LogP contribution in [0.1, 0.15) is 31.1 Å². The summed E-state index contributed by atoms with van der Waals surface area (Å²) in [7, 11) is 0. The molecule has 34 heavy (non-hydrogen) atoms. The fraction of sp³-hybridized carbons (Fsp3) is 0.192. The topological polar surface area (TPSA) is 108 Å². The van der Waals surface area contributed by atoms with Crippen molar-refractivity contribution in [3.63, 3.8) is 0 Å². The van der Waals surface area contributed by atoms with E-state index in [1.54, 1.807) is 78.9 Å². The maximum atomic E-state index is 12.8. The Morgan fingerprint density at radius 3 is 1.44 bits per heavy atom. The Bertz CT molecular complexity index is 1120. The predicted octanol–water partition coefficient (Wildman–Crippen LogP) is 3.01. The van der Waals surface area contributed by atoms with Crippen LogP contribution in [0.5, 0.6) is 0 Å². The van der Waals surface area contributed by atoms with E-state index in [1.165, 1.54) is 12.1 Å². The van der Waals surface area contributed by atoms with Crippen LogP contribution in [0.4, 0.5) is 0 Å². The molecule has 0 spiro atoms. The van der Waals surface area contributed by atoms with E-state index in [0.29, 0.717) is 0 Å². The number of aliphatic hydroxyl groups excluding tert-OH is 1. The molecule has 1 N–H and O–H groups in total. The van der Waals surface area contributed by atoms with Gasteiger partial charge in [0, 0.05) is 0 Å². The highest BCUT2D eigenvalue weighted by atomic mass is 16.7. The van der Waals surface area contributed by atoms with Crippen molar-refractivity contribution >= 4 is 17.9 Å². The average molecular weight is 462 g/mol. The summed E-state index contributed by atoms with van der Waals surface area (Å²) in [4.78, 5) is 38.1. The van der Waals surface area contributed by atoms with Crippen LogP contribution in [-0.2, 0) is 18.9 Å². The maximum Gasteiger partial charge on any atom is 0.338 e. The zero-order valence-corrected chi connectivity index (χ0v) is 18.0. The molecule has 0 amide bonds. The molecular weight excluding hydrogens is 440 g/mol. The second kappa shape index (κ2) is 10.7. The van der Waals surface area contributed by atoms with Gasteiger partial charge < -0.3 is 24.1 Å². The molecule has 4 rings (SSSR count). The second-order valence-corrected chi connectivity index (χ2v) is 7.51. The predicted molar refractivity (Wildman–Crippen MR) is 119 cm³/mol. The Kier molecular flexibility index (Phi) is 7.31. The number of aliphatic hydroxyl groups is 1. The van der Waals surface area contributed by atoms with Crippen molar-refractivity contribution in [2.24, 2.45) is 0 Å². The molecule has 0 radical (unpaired) electrons. The monoisotopic (exact) mass is 462 g/mol. The van der Waals surface area contributed by atoms with Gasteiger partial charge in [0.05, 0.1) is 23.3 Å². The van der Waals surface area contributed by atoms with E-state index in [2.05, 4.69) is 0 Å². The number of esters is 3. The normalized spacial score (nSPS) is 21.8. The van der Waals surface area contributed by atoms with E-state index in [0.717, 1.165) is 0 Å². The van der Waals surface area contributed by atoms with E-state index in [-0.39, 0.29) is 23.3 Å². The molecule has 0 bridgehead atoms. The minimum atomic E-state index is -1.60. The van der Waals surface area contributed by atoms with Crippen molar-refractivity contribution in [1.82, 2.24) is 0 Å². The van der Waals surface area contributed by atoms with Gasteiger partial charge in [-0.25, -0.2) is 14.4 Å². The van der Waals surface area contributed by atoms with Crippen molar-refractivity contribution in [2.45, 2.75) is 24.6 Å². The number of carbonyl (C=O) groups excluding carboxylic acids is 3. The molecule has 0 aromatic heterocycles. The zero-order chi connectivity index (χ0) is 23.9. The van der Waals surface area contributed by atoms with E-state index < -0.39 is 42.5 Å². The number of benzene rings is 3. The van der Waals surface area contributed by atoms with Gasteiger partial charge in [-0.3, -0.25) is 0 Å². The van der Waals surface area contributed by atoms with Gasteiger partial charge in [0.1, 0.15) is 0 Å². The standard InChI is InChI=1S/C26H22O8/c27-23(17-10-4-1-5-11-17)32-20-16-31-26(30)22(34-25(29)19-14-8-3-9-15-19)21(20)33-24(28)18-12-6-2-7-13-18/h1-15,20-22,26,30H,16H2/t20-,21-,22+,26?/m1/s1. The molecule has 3 aromatic carbocycles. The Morgan fingerprint density at radius 1 is 0.618 bits per heavy atom. The van der Waals surface area contributed by atoms with Crippen molar-refractivity contribution < 1.29 is 38.4 Å². The largest absolute Gasteiger partial charge is 0.452 e. The molecule has 1 saturated heterocycles. The van der Waals surface area contributed by atoms with Gasteiger partial charge in [0.2, 0.25) is 0 Å². The van der Waals surface area contributed by atoms with Gasteiger partial charge >= 0.3 is 17.9 Å². The minimum absolute atomic E-state index is 0.228. The van der Waals surface area contributed by atoms with Crippen LogP contribution < -0.4 is 0 Å². The summed E-state index contributed by atoms with van der Waals surface area (Å²) in [6, 6.07) is 24.5. The first-order valence-electron chi connectivity index (χ1n) is 10.6. The lowest BCUT2D eigenvalue weighted by molar-refractivity contribution is -0.251. The number of rotatable bonds is 6. The van der Waals surface area contributed by atoms with Crippen molar-refractivity contribution in [3.05, 3.63) is 108 Å². The van der Waals surface area contributed by atoms with Gasteiger partial charge in [-0.05, 0) is 36.4 Å². The van der Waals surface area contributed by atoms with Crippen molar-refractivity contribution in [3.8, 4) is 0 Å². The molecule has 174 valence electrons. The summed E-state index contributed by atoms with van der Waals surface area (Å²) in [6.07, 6.45) is -5.51. The molecule has 1 aliphatic heterocycles. The third kappa shape index (κ3) is 5.48. The van der Waals surface area contributed by atoms with Gasteiger partial charge in [0.15, 0.2) is 24.6 Å². The molecule has 8 nitrogen and oxygen atoms in total.